The zero-order valence-electron chi connectivity index (χ0n) is 11.0. The fraction of sp³-hybridized carbons (Fsp3) is 0.538. The Labute approximate surface area is 112 Å². The summed E-state index contributed by atoms with van der Waals surface area (Å²) in [5, 5.41) is 13.2. The average Bonchev–Trinajstić information content (AvgIpc) is 2.36. The molecule has 1 rings (SSSR count). The molecule has 1 amide bonds. The predicted octanol–water partition coefficient (Wildman–Crippen LogP) is 1.94. The van der Waals surface area contributed by atoms with Crippen molar-refractivity contribution in [1.29, 1.82) is 0 Å². The van der Waals surface area contributed by atoms with Crippen LogP contribution in [0.1, 0.15) is 31.1 Å². The second-order valence-electron chi connectivity index (χ2n) is 4.34. The van der Waals surface area contributed by atoms with Crippen molar-refractivity contribution in [2.75, 3.05) is 12.3 Å². The second-order valence-corrected chi connectivity index (χ2v) is 5.62. The molecule has 1 aromatic rings. The molecule has 0 aliphatic rings. The van der Waals surface area contributed by atoms with Crippen LogP contribution in [-0.4, -0.2) is 34.4 Å². The molecular formula is C13H20N2O2S. The monoisotopic (exact) mass is 268 g/mol. The van der Waals surface area contributed by atoms with Gasteiger partial charge in [0.25, 0.3) is 5.91 Å². The van der Waals surface area contributed by atoms with E-state index in [0.717, 1.165) is 10.8 Å². The molecule has 0 bridgehead atoms. The van der Waals surface area contributed by atoms with E-state index in [4.69, 9.17) is 0 Å². The van der Waals surface area contributed by atoms with Crippen molar-refractivity contribution in [3.63, 3.8) is 0 Å². The summed E-state index contributed by atoms with van der Waals surface area (Å²) >= 11 is 1.64. The van der Waals surface area contributed by atoms with Gasteiger partial charge in [0, 0.05) is 12.7 Å². The third kappa shape index (κ3) is 4.66. The van der Waals surface area contributed by atoms with Gasteiger partial charge in [-0.2, -0.15) is 0 Å². The highest BCUT2D eigenvalue weighted by Crippen LogP contribution is 2.14. The van der Waals surface area contributed by atoms with Crippen LogP contribution in [0.15, 0.2) is 23.4 Å². The maximum atomic E-state index is 11.8. The summed E-state index contributed by atoms with van der Waals surface area (Å²) < 4.78 is 0. The number of aliphatic hydroxyl groups excluding tert-OH is 1. The van der Waals surface area contributed by atoms with E-state index in [2.05, 4.69) is 17.2 Å². The molecule has 0 fully saturated rings. The number of pyridine rings is 1. The smallest absolute Gasteiger partial charge is 0.252 e. The third-order valence-electron chi connectivity index (χ3n) is 2.53. The Kier molecular flexibility index (Phi) is 6.15. The normalized spacial score (nSPS) is 12.5. The topological polar surface area (TPSA) is 62.2 Å². The minimum Gasteiger partial charge on any atom is -0.391 e. The number of nitrogens with zero attached hydrogens (tertiary/aromatic N) is 1. The van der Waals surface area contributed by atoms with Gasteiger partial charge in [0.15, 0.2) is 0 Å². The summed E-state index contributed by atoms with van der Waals surface area (Å²) in [6, 6.07) is 3.59. The standard InChI is InChI=1S/C13H20N2O2S/c1-4-18-12-6-5-10(7-14-12)13(17)15-8-11(16)9(2)3/h5-7,9,11,16H,4,8H2,1-3H3,(H,15,17). The van der Waals surface area contributed by atoms with Gasteiger partial charge in [-0.1, -0.05) is 20.8 Å². The van der Waals surface area contributed by atoms with Crippen LogP contribution in [0.2, 0.25) is 0 Å². The number of aliphatic hydroxyl groups is 1. The lowest BCUT2D eigenvalue weighted by Crippen LogP contribution is -2.34. The van der Waals surface area contributed by atoms with Gasteiger partial charge in [-0.05, 0) is 23.8 Å². The second kappa shape index (κ2) is 7.38. The Hall–Kier alpha value is -1.07. The maximum Gasteiger partial charge on any atom is 0.252 e. The number of nitrogens with one attached hydrogen (secondary N) is 1. The van der Waals surface area contributed by atoms with Crippen LogP contribution in [0, 0.1) is 5.92 Å². The zero-order valence-corrected chi connectivity index (χ0v) is 11.8. The number of hydrogen-bond donors (Lipinski definition) is 2. The van der Waals surface area contributed by atoms with Crippen molar-refractivity contribution in [1.82, 2.24) is 10.3 Å². The van der Waals surface area contributed by atoms with Gasteiger partial charge < -0.3 is 10.4 Å². The first-order valence-corrected chi connectivity index (χ1v) is 7.08. The Balaban J connectivity index is 2.51. The first-order chi connectivity index (χ1) is 8.54. The minimum atomic E-state index is -0.517. The first kappa shape index (κ1) is 15.0. The fourth-order valence-electron chi connectivity index (χ4n) is 1.28. The molecule has 1 aromatic heterocycles. The van der Waals surface area contributed by atoms with Gasteiger partial charge in [0.05, 0.1) is 16.7 Å². The number of amides is 1. The Bertz CT molecular complexity index is 379. The molecule has 0 radical (unpaired) electrons. The lowest BCUT2D eigenvalue weighted by atomic mass is 10.1. The van der Waals surface area contributed by atoms with Gasteiger partial charge in [-0.25, -0.2) is 4.98 Å². The van der Waals surface area contributed by atoms with Crippen LogP contribution in [0.3, 0.4) is 0 Å². The summed E-state index contributed by atoms with van der Waals surface area (Å²) in [6.07, 6.45) is 1.05. The quantitative estimate of drug-likeness (QED) is 0.774. The van der Waals surface area contributed by atoms with Crippen molar-refractivity contribution in [3.05, 3.63) is 23.9 Å². The molecule has 0 aromatic carbocycles. The highest BCUT2D eigenvalue weighted by Gasteiger charge is 2.12. The van der Waals surface area contributed by atoms with Crippen LogP contribution < -0.4 is 5.32 Å². The Morgan fingerprint density at radius 2 is 2.22 bits per heavy atom. The summed E-state index contributed by atoms with van der Waals surface area (Å²) in [6.45, 7) is 6.15. The zero-order chi connectivity index (χ0) is 13.5. The molecule has 0 saturated carbocycles. The summed E-state index contributed by atoms with van der Waals surface area (Å²) in [4.78, 5) is 16.0. The third-order valence-corrected chi connectivity index (χ3v) is 3.36. The maximum absolute atomic E-state index is 11.8. The van der Waals surface area contributed by atoms with Crippen LogP contribution in [0.5, 0.6) is 0 Å². The van der Waals surface area contributed by atoms with Crippen molar-refractivity contribution >= 4 is 17.7 Å². The van der Waals surface area contributed by atoms with Gasteiger partial charge in [-0.3, -0.25) is 4.79 Å². The minimum absolute atomic E-state index is 0.131. The largest absolute Gasteiger partial charge is 0.391 e. The van der Waals surface area contributed by atoms with E-state index in [1.54, 1.807) is 24.0 Å². The Morgan fingerprint density at radius 3 is 2.72 bits per heavy atom. The van der Waals surface area contributed by atoms with E-state index in [0.29, 0.717) is 5.56 Å². The van der Waals surface area contributed by atoms with Crippen molar-refractivity contribution in [3.8, 4) is 0 Å². The van der Waals surface area contributed by atoms with E-state index in [1.165, 1.54) is 0 Å². The van der Waals surface area contributed by atoms with Gasteiger partial charge in [-0.15, -0.1) is 11.8 Å². The average molecular weight is 268 g/mol. The molecule has 1 unspecified atom stereocenters. The number of carbonyl (C=O) groups excluding carboxylic acids is 1. The summed E-state index contributed by atoms with van der Waals surface area (Å²) in [5.41, 5.74) is 0.520. The Morgan fingerprint density at radius 1 is 1.50 bits per heavy atom. The van der Waals surface area contributed by atoms with Crippen LogP contribution in [0.25, 0.3) is 0 Å². The molecule has 4 nitrogen and oxygen atoms in total. The number of rotatable bonds is 6. The molecule has 2 N–H and O–H groups in total. The lowest BCUT2D eigenvalue weighted by Gasteiger charge is -2.14. The molecule has 0 saturated heterocycles. The van der Waals surface area contributed by atoms with Crippen LogP contribution >= 0.6 is 11.8 Å². The molecule has 5 heteroatoms. The molecule has 18 heavy (non-hydrogen) atoms. The molecule has 1 heterocycles. The summed E-state index contributed by atoms with van der Waals surface area (Å²) in [7, 11) is 0. The van der Waals surface area contributed by atoms with E-state index < -0.39 is 6.10 Å². The lowest BCUT2D eigenvalue weighted by molar-refractivity contribution is 0.0871. The molecule has 100 valence electrons. The molecule has 0 spiro atoms. The van der Waals surface area contributed by atoms with Crippen molar-refractivity contribution in [2.24, 2.45) is 5.92 Å². The van der Waals surface area contributed by atoms with Crippen LogP contribution in [0.4, 0.5) is 0 Å². The van der Waals surface area contributed by atoms with Crippen molar-refractivity contribution in [2.45, 2.75) is 31.9 Å². The SMILES string of the molecule is CCSc1ccc(C(=O)NCC(O)C(C)C)cn1. The number of thioether (sulfide) groups is 1. The van der Waals surface area contributed by atoms with E-state index in [-0.39, 0.29) is 18.4 Å². The van der Waals surface area contributed by atoms with Gasteiger partial charge >= 0.3 is 0 Å². The summed E-state index contributed by atoms with van der Waals surface area (Å²) in [5.74, 6) is 0.890. The number of hydrogen-bond acceptors (Lipinski definition) is 4. The first-order valence-electron chi connectivity index (χ1n) is 6.09. The van der Waals surface area contributed by atoms with Gasteiger partial charge in [0.2, 0.25) is 0 Å². The van der Waals surface area contributed by atoms with Crippen LogP contribution in [-0.2, 0) is 0 Å². The molecule has 0 aliphatic carbocycles. The van der Waals surface area contributed by atoms with Crippen molar-refractivity contribution < 1.29 is 9.90 Å². The highest BCUT2D eigenvalue weighted by molar-refractivity contribution is 7.99. The molecule has 1 atom stereocenters. The van der Waals surface area contributed by atoms with E-state index in [1.807, 2.05) is 19.9 Å². The molecular weight excluding hydrogens is 248 g/mol. The number of carbonyl (C=O) groups is 1. The van der Waals surface area contributed by atoms with E-state index >= 15 is 0 Å². The fourth-order valence-corrected chi connectivity index (χ4v) is 1.87. The molecule has 0 aliphatic heterocycles. The van der Waals surface area contributed by atoms with E-state index in [9.17, 15) is 9.90 Å². The number of aromatic nitrogens is 1. The highest BCUT2D eigenvalue weighted by atomic mass is 32.2. The van der Waals surface area contributed by atoms with Gasteiger partial charge in [0.1, 0.15) is 0 Å². The predicted molar refractivity (Wildman–Crippen MR) is 73.8 cm³/mol.